The first-order valence-electron chi connectivity index (χ1n) is 13.2. The van der Waals surface area contributed by atoms with Crippen molar-refractivity contribution >= 4 is 28.4 Å². The predicted molar refractivity (Wildman–Crippen MR) is 142 cm³/mol. The molecule has 0 spiro atoms. The molecule has 1 aromatic carbocycles. The number of halogens is 4. The Balaban J connectivity index is 1.36. The summed E-state index contributed by atoms with van der Waals surface area (Å²) in [6.07, 6.45) is -3.20. The minimum Gasteiger partial charge on any atom is -0.328 e. The molecule has 1 aliphatic heterocycles. The molecule has 10 nitrogen and oxygen atoms in total. The van der Waals surface area contributed by atoms with Crippen molar-refractivity contribution in [1.82, 2.24) is 34.4 Å². The van der Waals surface area contributed by atoms with Crippen molar-refractivity contribution in [1.29, 1.82) is 0 Å². The van der Waals surface area contributed by atoms with E-state index in [2.05, 4.69) is 20.2 Å². The maximum absolute atomic E-state index is 14.5. The number of nitrogens with zero attached hydrogens (tertiary/aromatic N) is 7. The van der Waals surface area contributed by atoms with Crippen LogP contribution in [0.5, 0.6) is 0 Å². The van der Waals surface area contributed by atoms with Crippen LogP contribution in [0.1, 0.15) is 41.0 Å². The summed E-state index contributed by atoms with van der Waals surface area (Å²) in [5, 5.41) is 8.74. The van der Waals surface area contributed by atoms with Crippen LogP contribution >= 0.6 is 0 Å². The summed E-state index contributed by atoms with van der Waals surface area (Å²) in [4.78, 5) is 48.4. The van der Waals surface area contributed by atoms with Crippen LogP contribution in [0, 0.1) is 13.8 Å². The standard InChI is InChI=1S/C28H27F4N7O3/c1-15-6-21(35-39(15)14-28(30,31)32)9-25(41)24-8-20(29)12-37(24)26(42)13-38-23-5-4-18(19-10-33-17(3)34-11-19)7-22(23)27(36-38)16(2)40/h4-7,10-11,20,24H,8-9,12-14H2,1-3H3/t20-,24+/m1/s1. The number of fused-ring (bicyclic) bond motifs is 1. The Hall–Kier alpha value is -4.49. The molecule has 1 saturated heterocycles. The van der Waals surface area contributed by atoms with Gasteiger partial charge in [-0.15, -0.1) is 0 Å². The lowest BCUT2D eigenvalue weighted by atomic mass is 10.0. The minimum absolute atomic E-state index is 0.107. The van der Waals surface area contributed by atoms with Gasteiger partial charge in [0.25, 0.3) is 0 Å². The van der Waals surface area contributed by atoms with Gasteiger partial charge in [-0.2, -0.15) is 23.4 Å². The second kappa shape index (κ2) is 11.1. The number of alkyl halides is 4. The Morgan fingerprint density at radius 2 is 1.71 bits per heavy atom. The molecule has 1 amide bonds. The SMILES string of the molecule is CC(=O)c1nn(CC(=O)N2C[C@H](F)C[C@H]2C(=O)Cc2cc(C)n(CC(F)(F)F)n2)c2ccc(-c3cnc(C)nc3)cc12. The number of Topliss-reactive ketones (excluding diaryl/α,β-unsaturated/α-hetero) is 2. The number of aromatic nitrogens is 6. The third-order valence-corrected chi connectivity index (χ3v) is 7.14. The molecule has 3 aromatic heterocycles. The third kappa shape index (κ3) is 6.06. The number of benzene rings is 1. The average Bonchev–Trinajstić information content (AvgIpc) is 3.58. The van der Waals surface area contributed by atoms with Gasteiger partial charge < -0.3 is 4.90 Å². The van der Waals surface area contributed by atoms with Gasteiger partial charge in [0.2, 0.25) is 5.91 Å². The number of hydrogen-bond acceptors (Lipinski definition) is 7. The minimum atomic E-state index is -4.48. The quantitative estimate of drug-likeness (QED) is 0.228. The van der Waals surface area contributed by atoms with Gasteiger partial charge in [0.1, 0.15) is 30.8 Å². The number of carbonyl (C=O) groups is 3. The van der Waals surface area contributed by atoms with Gasteiger partial charge in [-0.25, -0.2) is 14.4 Å². The zero-order chi connectivity index (χ0) is 30.3. The topological polar surface area (TPSA) is 116 Å². The number of hydrogen-bond donors (Lipinski definition) is 0. The molecule has 0 aliphatic carbocycles. The number of rotatable bonds is 8. The Kier molecular flexibility index (Phi) is 7.64. The van der Waals surface area contributed by atoms with E-state index in [0.29, 0.717) is 16.7 Å². The highest BCUT2D eigenvalue weighted by Crippen LogP contribution is 2.28. The van der Waals surface area contributed by atoms with Crippen molar-refractivity contribution in [2.24, 2.45) is 0 Å². The van der Waals surface area contributed by atoms with E-state index in [1.807, 2.05) is 0 Å². The van der Waals surface area contributed by atoms with Crippen molar-refractivity contribution in [3.63, 3.8) is 0 Å². The summed E-state index contributed by atoms with van der Waals surface area (Å²) >= 11 is 0. The van der Waals surface area contributed by atoms with Gasteiger partial charge >= 0.3 is 6.18 Å². The lowest BCUT2D eigenvalue weighted by Crippen LogP contribution is -2.43. The zero-order valence-corrected chi connectivity index (χ0v) is 23.0. The molecule has 4 heterocycles. The van der Waals surface area contributed by atoms with E-state index < -0.39 is 36.6 Å². The second-order valence-electron chi connectivity index (χ2n) is 10.4. The predicted octanol–water partition coefficient (Wildman–Crippen LogP) is 3.82. The van der Waals surface area contributed by atoms with Crippen molar-refractivity contribution in [2.75, 3.05) is 6.54 Å². The summed E-state index contributed by atoms with van der Waals surface area (Å²) < 4.78 is 55.0. The molecule has 0 bridgehead atoms. The van der Waals surface area contributed by atoms with Crippen LogP contribution in [0.3, 0.4) is 0 Å². The lowest BCUT2D eigenvalue weighted by molar-refractivity contribution is -0.143. The summed E-state index contributed by atoms with van der Waals surface area (Å²) in [7, 11) is 0. The summed E-state index contributed by atoms with van der Waals surface area (Å²) in [5.41, 5.74) is 2.45. The monoisotopic (exact) mass is 585 g/mol. The zero-order valence-electron chi connectivity index (χ0n) is 23.0. The van der Waals surface area contributed by atoms with Gasteiger partial charge in [0.05, 0.1) is 30.2 Å². The Morgan fingerprint density at radius 3 is 2.38 bits per heavy atom. The van der Waals surface area contributed by atoms with Crippen LogP contribution in [-0.4, -0.2) is 76.8 Å². The maximum atomic E-state index is 14.5. The van der Waals surface area contributed by atoms with Crippen molar-refractivity contribution in [3.05, 3.63) is 59.6 Å². The lowest BCUT2D eigenvalue weighted by Gasteiger charge is -2.23. The number of aryl methyl sites for hydroxylation is 2. The molecular formula is C28H27F4N7O3. The van der Waals surface area contributed by atoms with Gasteiger partial charge in [0, 0.05) is 42.4 Å². The summed E-state index contributed by atoms with van der Waals surface area (Å²) in [6, 6.07) is 5.51. The van der Waals surface area contributed by atoms with Crippen molar-refractivity contribution in [3.8, 4) is 11.1 Å². The van der Waals surface area contributed by atoms with Gasteiger partial charge in [0.15, 0.2) is 11.6 Å². The van der Waals surface area contributed by atoms with E-state index in [1.54, 1.807) is 37.5 Å². The largest absolute Gasteiger partial charge is 0.408 e. The molecule has 1 fully saturated rings. The molecule has 0 unspecified atom stereocenters. The van der Waals surface area contributed by atoms with Crippen LogP contribution in [0.2, 0.25) is 0 Å². The number of likely N-dealkylation sites (tertiary alicyclic amines) is 1. The molecule has 14 heteroatoms. The molecule has 4 aromatic rings. The van der Waals surface area contributed by atoms with Gasteiger partial charge in [-0.3, -0.25) is 23.7 Å². The first-order chi connectivity index (χ1) is 19.8. The van der Waals surface area contributed by atoms with E-state index >= 15 is 0 Å². The van der Waals surface area contributed by atoms with Gasteiger partial charge in [-0.1, -0.05) is 6.07 Å². The van der Waals surface area contributed by atoms with Crippen LogP contribution < -0.4 is 0 Å². The Bertz CT molecular complexity index is 1680. The fourth-order valence-electron chi connectivity index (χ4n) is 5.16. The molecular weight excluding hydrogens is 558 g/mol. The van der Waals surface area contributed by atoms with E-state index in [9.17, 15) is 31.9 Å². The second-order valence-corrected chi connectivity index (χ2v) is 10.4. The molecule has 5 rings (SSSR count). The molecule has 220 valence electrons. The third-order valence-electron chi connectivity index (χ3n) is 7.14. The molecule has 1 aliphatic rings. The molecule has 2 atom stereocenters. The summed E-state index contributed by atoms with van der Waals surface area (Å²) in [5.74, 6) is -0.819. The highest BCUT2D eigenvalue weighted by molar-refractivity contribution is 6.06. The fraction of sp³-hybridized carbons (Fsp3) is 0.393. The van der Waals surface area contributed by atoms with E-state index in [-0.39, 0.29) is 48.8 Å². The Morgan fingerprint density at radius 1 is 1.00 bits per heavy atom. The van der Waals surface area contributed by atoms with Crippen LogP contribution in [0.4, 0.5) is 17.6 Å². The number of ketones is 2. The fourth-order valence-corrected chi connectivity index (χ4v) is 5.16. The van der Waals surface area contributed by atoms with Crippen LogP contribution in [0.25, 0.3) is 22.0 Å². The van der Waals surface area contributed by atoms with Crippen molar-refractivity contribution in [2.45, 2.75) is 65.1 Å². The first kappa shape index (κ1) is 29.0. The molecule has 0 radical (unpaired) electrons. The highest BCUT2D eigenvalue weighted by atomic mass is 19.4. The van der Waals surface area contributed by atoms with E-state index in [4.69, 9.17) is 0 Å². The molecule has 0 N–H and O–H groups in total. The Labute approximate surface area is 237 Å². The number of amides is 1. The average molecular weight is 586 g/mol. The highest BCUT2D eigenvalue weighted by Gasteiger charge is 2.40. The van der Waals surface area contributed by atoms with Crippen LogP contribution in [0.15, 0.2) is 36.7 Å². The van der Waals surface area contributed by atoms with E-state index in [1.165, 1.54) is 24.6 Å². The van der Waals surface area contributed by atoms with Gasteiger partial charge in [-0.05, 0) is 37.6 Å². The van der Waals surface area contributed by atoms with Crippen LogP contribution in [-0.2, 0) is 29.1 Å². The normalized spacial score (nSPS) is 17.3. The summed E-state index contributed by atoms with van der Waals surface area (Å²) in [6.45, 7) is 2.60. The van der Waals surface area contributed by atoms with Crippen molar-refractivity contribution < 1.29 is 31.9 Å². The maximum Gasteiger partial charge on any atom is 0.408 e. The first-order valence-corrected chi connectivity index (χ1v) is 13.2. The number of carbonyl (C=O) groups excluding carboxylic acids is 3. The molecule has 0 saturated carbocycles. The smallest absolute Gasteiger partial charge is 0.328 e. The van der Waals surface area contributed by atoms with E-state index in [0.717, 1.165) is 20.7 Å². The molecule has 42 heavy (non-hydrogen) atoms.